The van der Waals surface area contributed by atoms with Crippen LogP contribution >= 0.6 is 0 Å². The molecule has 88 valence electrons. The molecule has 2 nitrogen and oxygen atoms in total. The van der Waals surface area contributed by atoms with Crippen molar-refractivity contribution < 1.29 is 4.39 Å². The lowest BCUT2D eigenvalue weighted by Gasteiger charge is -2.04. The third-order valence-electron chi connectivity index (χ3n) is 2.92. The summed E-state index contributed by atoms with van der Waals surface area (Å²) in [6, 6.07) is 14.6. The molecule has 0 radical (unpaired) electrons. The number of hydrogen-bond donors (Lipinski definition) is 1. The van der Waals surface area contributed by atoms with Gasteiger partial charge in [-0.1, -0.05) is 24.3 Å². The molecule has 2 aromatic carbocycles. The van der Waals surface area contributed by atoms with Gasteiger partial charge < -0.3 is 5.73 Å². The number of nitrogens with two attached hydrogens (primary N) is 1. The first-order valence-electron chi connectivity index (χ1n) is 5.64. The van der Waals surface area contributed by atoms with Gasteiger partial charge in [-0.15, -0.1) is 0 Å². The molecular formula is C15H11FN2. The summed E-state index contributed by atoms with van der Waals surface area (Å²) in [4.78, 5) is 4.36. The van der Waals surface area contributed by atoms with Gasteiger partial charge in [-0.05, 0) is 29.8 Å². The molecule has 1 heterocycles. The molecule has 0 spiro atoms. The summed E-state index contributed by atoms with van der Waals surface area (Å²) < 4.78 is 13.4. The number of pyridine rings is 1. The van der Waals surface area contributed by atoms with E-state index in [1.807, 2.05) is 30.3 Å². The Kier molecular flexibility index (Phi) is 2.45. The maximum atomic E-state index is 13.4. The van der Waals surface area contributed by atoms with Crippen molar-refractivity contribution in [3.8, 4) is 11.1 Å². The first kappa shape index (κ1) is 10.7. The van der Waals surface area contributed by atoms with Crippen LogP contribution in [-0.4, -0.2) is 4.98 Å². The van der Waals surface area contributed by atoms with Gasteiger partial charge in [0, 0.05) is 17.1 Å². The number of para-hydroxylation sites is 1. The monoisotopic (exact) mass is 238 g/mol. The molecule has 0 bridgehead atoms. The summed E-state index contributed by atoms with van der Waals surface area (Å²) in [6.45, 7) is 0. The molecule has 0 atom stereocenters. The van der Waals surface area contributed by atoms with E-state index in [4.69, 9.17) is 5.73 Å². The van der Waals surface area contributed by atoms with Crippen molar-refractivity contribution in [2.24, 2.45) is 0 Å². The van der Waals surface area contributed by atoms with Crippen LogP contribution in [0.4, 0.5) is 10.1 Å². The average molecular weight is 238 g/mol. The molecule has 2 N–H and O–H groups in total. The van der Waals surface area contributed by atoms with E-state index in [0.717, 1.165) is 22.0 Å². The first-order chi connectivity index (χ1) is 8.74. The number of hydrogen-bond acceptors (Lipinski definition) is 2. The molecule has 0 saturated heterocycles. The number of aromatic nitrogens is 1. The molecule has 0 aliphatic rings. The third kappa shape index (κ3) is 1.80. The Morgan fingerprint density at radius 2 is 1.78 bits per heavy atom. The Morgan fingerprint density at radius 1 is 0.944 bits per heavy atom. The second kappa shape index (κ2) is 4.11. The largest absolute Gasteiger partial charge is 0.396 e. The zero-order chi connectivity index (χ0) is 12.5. The van der Waals surface area contributed by atoms with E-state index in [1.165, 1.54) is 6.07 Å². The molecule has 0 aliphatic carbocycles. The maximum absolute atomic E-state index is 13.4. The topological polar surface area (TPSA) is 38.9 Å². The molecule has 3 heteroatoms. The molecule has 3 rings (SSSR count). The van der Waals surface area contributed by atoms with Crippen LogP contribution in [-0.2, 0) is 0 Å². The Morgan fingerprint density at radius 3 is 2.61 bits per heavy atom. The van der Waals surface area contributed by atoms with Crippen molar-refractivity contribution in [1.29, 1.82) is 0 Å². The number of rotatable bonds is 1. The van der Waals surface area contributed by atoms with Gasteiger partial charge in [0.2, 0.25) is 0 Å². The van der Waals surface area contributed by atoms with Gasteiger partial charge in [0.25, 0.3) is 0 Å². The highest BCUT2D eigenvalue weighted by Gasteiger charge is 2.04. The quantitative estimate of drug-likeness (QED) is 0.657. The SMILES string of the molecule is Nc1ccc(-c2cnc3ccccc3c2)cc1F. The normalized spacial score (nSPS) is 10.7. The average Bonchev–Trinajstić information content (AvgIpc) is 2.41. The van der Waals surface area contributed by atoms with E-state index >= 15 is 0 Å². The van der Waals surface area contributed by atoms with Crippen molar-refractivity contribution in [3.05, 3.63) is 60.5 Å². The highest BCUT2D eigenvalue weighted by atomic mass is 19.1. The minimum absolute atomic E-state index is 0.160. The summed E-state index contributed by atoms with van der Waals surface area (Å²) in [7, 11) is 0. The van der Waals surface area contributed by atoms with Gasteiger partial charge in [0.05, 0.1) is 11.2 Å². The van der Waals surface area contributed by atoms with Crippen LogP contribution in [0.1, 0.15) is 0 Å². The molecular weight excluding hydrogens is 227 g/mol. The number of nitrogens with zero attached hydrogens (tertiary/aromatic N) is 1. The van der Waals surface area contributed by atoms with Gasteiger partial charge in [-0.2, -0.15) is 0 Å². The highest BCUT2D eigenvalue weighted by Crippen LogP contribution is 2.25. The van der Waals surface area contributed by atoms with Crippen LogP contribution in [0.5, 0.6) is 0 Å². The Bertz CT molecular complexity index is 723. The van der Waals surface area contributed by atoms with E-state index in [1.54, 1.807) is 18.3 Å². The van der Waals surface area contributed by atoms with Crippen LogP contribution in [0, 0.1) is 5.82 Å². The lowest BCUT2D eigenvalue weighted by Crippen LogP contribution is -1.91. The molecule has 0 saturated carbocycles. The van der Waals surface area contributed by atoms with E-state index in [2.05, 4.69) is 4.98 Å². The van der Waals surface area contributed by atoms with Gasteiger partial charge in [-0.25, -0.2) is 4.39 Å². The lowest BCUT2D eigenvalue weighted by atomic mass is 10.0. The van der Waals surface area contributed by atoms with E-state index in [-0.39, 0.29) is 5.69 Å². The number of benzene rings is 2. The number of halogens is 1. The summed E-state index contributed by atoms with van der Waals surface area (Å²) in [6.07, 6.45) is 1.74. The Balaban J connectivity index is 2.16. The van der Waals surface area contributed by atoms with E-state index in [9.17, 15) is 4.39 Å². The fourth-order valence-corrected chi connectivity index (χ4v) is 1.94. The van der Waals surface area contributed by atoms with Crippen LogP contribution in [0.25, 0.3) is 22.0 Å². The second-order valence-electron chi connectivity index (χ2n) is 4.15. The predicted octanol–water partition coefficient (Wildman–Crippen LogP) is 3.62. The second-order valence-corrected chi connectivity index (χ2v) is 4.15. The molecule has 1 aromatic heterocycles. The fraction of sp³-hybridized carbons (Fsp3) is 0. The molecule has 0 aliphatic heterocycles. The maximum Gasteiger partial charge on any atom is 0.146 e. The summed E-state index contributed by atoms with van der Waals surface area (Å²) in [5.41, 5.74) is 8.21. The third-order valence-corrected chi connectivity index (χ3v) is 2.92. The van der Waals surface area contributed by atoms with Crippen LogP contribution in [0.2, 0.25) is 0 Å². The summed E-state index contributed by atoms with van der Waals surface area (Å²) in [5.74, 6) is -0.402. The number of nitrogen functional groups attached to an aromatic ring is 1. The minimum Gasteiger partial charge on any atom is -0.396 e. The number of anilines is 1. The smallest absolute Gasteiger partial charge is 0.146 e. The number of fused-ring (bicyclic) bond motifs is 1. The zero-order valence-electron chi connectivity index (χ0n) is 9.60. The summed E-state index contributed by atoms with van der Waals surface area (Å²) >= 11 is 0. The van der Waals surface area contributed by atoms with E-state index < -0.39 is 5.82 Å². The van der Waals surface area contributed by atoms with Crippen molar-refractivity contribution in [2.75, 3.05) is 5.73 Å². The van der Waals surface area contributed by atoms with Gasteiger partial charge >= 0.3 is 0 Å². The first-order valence-corrected chi connectivity index (χ1v) is 5.64. The van der Waals surface area contributed by atoms with Crippen molar-refractivity contribution in [3.63, 3.8) is 0 Å². The Labute approximate surface area is 104 Å². The highest BCUT2D eigenvalue weighted by molar-refractivity contribution is 5.83. The van der Waals surface area contributed by atoms with Crippen LogP contribution in [0.3, 0.4) is 0 Å². The predicted molar refractivity (Wildman–Crippen MR) is 71.5 cm³/mol. The van der Waals surface area contributed by atoms with Crippen molar-refractivity contribution in [1.82, 2.24) is 4.98 Å². The van der Waals surface area contributed by atoms with Crippen molar-refractivity contribution >= 4 is 16.6 Å². The minimum atomic E-state index is -0.402. The van der Waals surface area contributed by atoms with Gasteiger partial charge in [0.15, 0.2) is 0 Å². The van der Waals surface area contributed by atoms with Gasteiger partial charge in [0.1, 0.15) is 5.82 Å². The Hall–Kier alpha value is -2.42. The molecule has 3 aromatic rings. The fourth-order valence-electron chi connectivity index (χ4n) is 1.94. The summed E-state index contributed by atoms with van der Waals surface area (Å²) in [5, 5.41) is 1.03. The molecule has 18 heavy (non-hydrogen) atoms. The molecule has 0 amide bonds. The van der Waals surface area contributed by atoms with E-state index in [0.29, 0.717) is 0 Å². The van der Waals surface area contributed by atoms with Crippen LogP contribution in [0.15, 0.2) is 54.7 Å². The van der Waals surface area contributed by atoms with Crippen molar-refractivity contribution in [2.45, 2.75) is 0 Å². The zero-order valence-corrected chi connectivity index (χ0v) is 9.60. The molecule has 0 unspecified atom stereocenters. The standard InChI is InChI=1S/C15H11FN2/c16-13-8-10(5-6-14(13)17)12-7-11-3-1-2-4-15(11)18-9-12/h1-9H,17H2. The van der Waals surface area contributed by atoms with Crippen LogP contribution < -0.4 is 5.73 Å². The molecule has 0 fully saturated rings. The lowest BCUT2D eigenvalue weighted by molar-refractivity contribution is 0.633. The van der Waals surface area contributed by atoms with Gasteiger partial charge in [-0.3, -0.25) is 4.98 Å².